The van der Waals surface area contributed by atoms with Gasteiger partial charge in [0.05, 0.1) is 12.1 Å². The van der Waals surface area contributed by atoms with Crippen LogP contribution >= 0.6 is 0 Å². The number of carbonyl (C=O) groups is 1. The van der Waals surface area contributed by atoms with Gasteiger partial charge in [-0.15, -0.1) is 6.58 Å². The van der Waals surface area contributed by atoms with Crippen molar-refractivity contribution in [2.24, 2.45) is 0 Å². The number of hydrogen-bond acceptors (Lipinski definition) is 3. The van der Waals surface area contributed by atoms with E-state index in [0.717, 1.165) is 0 Å². The lowest BCUT2D eigenvalue weighted by atomic mass is 10.2. The highest BCUT2D eigenvalue weighted by Crippen LogP contribution is 2.20. The fourth-order valence-electron chi connectivity index (χ4n) is 1.70. The van der Waals surface area contributed by atoms with Gasteiger partial charge >= 0.3 is 6.09 Å². The molecule has 0 bridgehead atoms. The van der Waals surface area contributed by atoms with Crippen molar-refractivity contribution in [2.75, 3.05) is 6.54 Å². The normalized spacial score (nSPS) is 23.5. The monoisotopic (exact) mass is 239 g/mol. The summed E-state index contributed by atoms with van der Waals surface area (Å²) in [5.74, 6) is 0. The first-order valence-electron chi connectivity index (χ1n) is 5.80. The second kappa shape index (κ2) is 5.36. The van der Waals surface area contributed by atoms with E-state index in [-0.39, 0.29) is 12.1 Å². The van der Waals surface area contributed by atoms with Gasteiger partial charge in [0, 0.05) is 13.0 Å². The zero-order valence-electron chi connectivity index (χ0n) is 10.7. The smallest absolute Gasteiger partial charge is 0.411 e. The topological polar surface area (TPSA) is 49.8 Å². The summed E-state index contributed by atoms with van der Waals surface area (Å²) in [5, 5.41) is 9.44. The third-order valence-corrected chi connectivity index (χ3v) is 2.39. The Morgan fingerprint density at radius 3 is 2.65 bits per heavy atom. The molecule has 17 heavy (non-hydrogen) atoms. The molecule has 0 aromatic carbocycles. The highest BCUT2D eigenvalue weighted by molar-refractivity contribution is 5.69. The SMILES string of the molecule is C=CCN(C(=O)OC(C)(C)C)[C@H]1C=C[C@H](O)C1. The van der Waals surface area contributed by atoms with Crippen LogP contribution in [0.3, 0.4) is 0 Å². The highest BCUT2D eigenvalue weighted by atomic mass is 16.6. The molecule has 0 saturated carbocycles. The molecule has 0 saturated heterocycles. The molecule has 0 aliphatic heterocycles. The maximum atomic E-state index is 12.0. The van der Waals surface area contributed by atoms with E-state index in [4.69, 9.17) is 4.74 Å². The van der Waals surface area contributed by atoms with E-state index < -0.39 is 11.7 Å². The van der Waals surface area contributed by atoms with Crippen LogP contribution in [0.1, 0.15) is 27.2 Å². The number of carbonyl (C=O) groups excluding carboxylic acids is 1. The Morgan fingerprint density at radius 1 is 1.59 bits per heavy atom. The van der Waals surface area contributed by atoms with Gasteiger partial charge < -0.3 is 9.84 Å². The predicted octanol–water partition coefficient (Wildman–Crippen LogP) is 2.10. The maximum Gasteiger partial charge on any atom is 0.411 e. The van der Waals surface area contributed by atoms with Crippen LogP contribution in [0.15, 0.2) is 24.8 Å². The summed E-state index contributed by atoms with van der Waals surface area (Å²) in [5.41, 5.74) is -0.516. The van der Waals surface area contributed by atoms with Crippen LogP contribution in [-0.2, 0) is 4.74 Å². The van der Waals surface area contributed by atoms with Gasteiger partial charge in [-0.25, -0.2) is 4.79 Å². The Morgan fingerprint density at radius 2 is 2.24 bits per heavy atom. The quantitative estimate of drug-likeness (QED) is 0.767. The number of rotatable bonds is 3. The van der Waals surface area contributed by atoms with Crippen LogP contribution in [0.5, 0.6) is 0 Å². The molecule has 1 rings (SSSR count). The number of ether oxygens (including phenoxy) is 1. The van der Waals surface area contributed by atoms with Crippen molar-refractivity contribution in [2.45, 2.75) is 44.9 Å². The van der Waals surface area contributed by atoms with E-state index in [2.05, 4.69) is 6.58 Å². The summed E-state index contributed by atoms with van der Waals surface area (Å²) in [6.07, 6.45) is 4.86. The van der Waals surface area contributed by atoms with Crippen molar-refractivity contribution in [3.63, 3.8) is 0 Å². The van der Waals surface area contributed by atoms with E-state index in [0.29, 0.717) is 13.0 Å². The Bertz CT molecular complexity index is 317. The van der Waals surface area contributed by atoms with Crippen LogP contribution in [0.2, 0.25) is 0 Å². The van der Waals surface area contributed by atoms with E-state index in [1.54, 1.807) is 17.1 Å². The lowest BCUT2D eigenvalue weighted by Crippen LogP contribution is -2.42. The average molecular weight is 239 g/mol. The molecule has 0 aromatic heterocycles. The molecule has 1 aliphatic rings. The second-order valence-corrected chi connectivity index (χ2v) is 5.18. The predicted molar refractivity (Wildman–Crippen MR) is 66.7 cm³/mol. The molecule has 0 radical (unpaired) electrons. The minimum Gasteiger partial charge on any atom is -0.444 e. The van der Waals surface area contributed by atoms with Crippen LogP contribution in [-0.4, -0.2) is 40.4 Å². The van der Waals surface area contributed by atoms with Crippen LogP contribution in [0.25, 0.3) is 0 Å². The maximum absolute atomic E-state index is 12.0. The number of hydrogen-bond donors (Lipinski definition) is 1. The van der Waals surface area contributed by atoms with Gasteiger partial charge in [-0.3, -0.25) is 4.90 Å². The highest BCUT2D eigenvalue weighted by Gasteiger charge is 2.29. The Kier molecular flexibility index (Phi) is 4.34. The van der Waals surface area contributed by atoms with Gasteiger partial charge in [0.2, 0.25) is 0 Å². The molecule has 1 amide bonds. The largest absolute Gasteiger partial charge is 0.444 e. The van der Waals surface area contributed by atoms with Gasteiger partial charge in [0.15, 0.2) is 0 Å². The summed E-state index contributed by atoms with van der Waals surface area (Å²) in [6.45, 7) is 9.54. The molecule has 0 unspecified atom stereocenters. The first-order valence-corrected chi connectivity index (χ1v) is 5.80. The van der Waals surface area contributed by atoms with Crippen molar-refractivity contribution in [1.29, 1.82) is 0 Å². The van der Waals surface area contributed by atoms with Crippen molar-refractivity contribution in [3.8, 4) is 0 Å². The molecule has 0 aromatic rings. The number of nitrogens with zero attached hydrogens (tertiary/aromatic N) is 1. The third kappa shape index (κ3) is 4.23. The molecule has 96 valence electrons. The van der Waals surface area contributed by atoms with Crippen molar-refractivity contribution >= 4 is 6.09 Å². The fraction of sp³-hybridized carbons (Fsp3) is 0.615. The molecule has 0 spiro atoms. The molecule has 4 nitrogen and oxygen atoms in total. The number of aliphatic hydroxyl groups is 1. The first-order chi connectivity index (χ1) is 7.83. The Balaban J connectivity index is 2.69. The van der Waals surface area contributed by atoms with Gasteiger partial charge in [0.25, 0.3) is 0 Å². The minimum atomic E-state index is -0.516. The van der Waals surface area contributed by atoms with Crippen molar-refractivity contribution in [3.05, 3.63) is 24.8 Å². The zero-order chi connectivity index (χ0) is 13.1. The Labute approximate surface area is 103 Å². The number of amides is 1. The van der Waals surface area contributed by atoms with Crippen LogP contribution in [0, 0.1) is 0 Å². The van der Waals surface area contributed by atoms with E-state index in [1.807, 2.05) is 26.8 Å². The summed E-state index contributed by atoms with van der Waals surface area (Å²) in [7, 11) is 0. The molecule has 0 heterocycles. The lowest BCUT2D eigenvalue weighted by Gasteiger charge is -2.30. The van der Waals surface area contributed by atoms with Gasteiger partial charge in [0.1, 0.15) is 5.60 Å². The van der Waals surface area contributed by atoms with E-state index >= 15 is 0 Å². The summed E-state index contributed by atoms with van der Waals surface area (Å²) < 4.78 is 5.32. The van der Waals surface area contributed by atoms with Gasteiger partial charge in [-0.1, -0.05) is 18.2 Å². The van der Waals surface area contributed by atoms with Crippen LogP contribution in [0.4, 0.5) is 4.79 Å². The second-order valence-electron chi connectivity index (χ2n) is 5.18. The molecule has 1 aliphatic carbocycles. The standard InChI is InChI=1S/C13H21NO3/c1-5-8-14(10-6-7-11(15)9-10)12(16)17-13(2,3)4/h5-7,10-11,15H,1,8-9H2,2-4H3/t10-,11-/m0/s1. The molecular formula is C13H21NO3. The summed E-state index contributed by atoms with van der Waals surface area (Å²) in [4.78, 5) is 13.6. The van der Waals surface area contributed by atoms with Gasteiger partial charge in [-0.05, 0) is 20.8 Å². The van der Waals surface area contributed by atoms with Crippen LogP contribution < -0.4 is 0 Å². The Hall–Kier alpha value is -1.29. The molecular weight excluding hydrogens is 218 g/mol. The zero-order valence-corrected chi connectivity index (χ0v) is 10.7. The summed E-state index contributed by atoms with van der Waals surface area (Å²) >= 11 is 0. The average Bonchev–Trinajstić information content (AvgIpc) is 2.58. The minimum absolute atomic E-state index is 0.113. The van der Waals surface area contributed by atoms with E-state index in [1.165, 1.54) is 0 Å². The molecule has 2 atom stereocenters. The first kappa shape index (κ1) is 13.8. The molecule has 4 heteroatoms. The van der Waals surface area contributed by atoms with Crippen molar-refractivity contribution < 1.29 is 14.6 Å². The van der Waals surface area contributed by atoms with Crippen molar-refractivity contribution in [1.82, 2.24) is 4.90 Å². The number of aliphatic hydroxyl groups excluding tert-OH is 1. The third-order valence-electron chi connectivity index (χ3n) is 2.39. The molecule has 0 fully saturated rings. The van der Waals surface area contributed by atoms with Gasteiger partial charge in [-0.2, -0.15) is 0 Å². The van der Waals surface area contributed by atoms with E-state index in [9.17, 15) is 9.90 Å². The molecule has 1 N–H and O–H groups in total. The fourth-order valence-corrected chi connectivity index (χ4v) is 1.70. The summed E-state index contributed by atoms with van der Waals surface area (Å²) in [6, 6.07) is -0.113. The lowest BCUT2D eigenvalue weighted by molar-refractivity contribution is 0.0207.